The lowest BCUT2D eigenvalue weighted by Crippen LogP contribution is -2.42. The van der Waals surface area contributed by atoms with Crippen molar-refractivity contribution >= 4 is 28.7 Å². The van der Waals surface area contributed by atoms with E-state index in [-0.39, 0.29) is 5.75 Å². The molecule has 88 valence electrons. The van der Waals surface area contributed by atoms with Crippen LogP contribution in [0.3, 0.4) is 0 Å². The third kappa shape index (κ3) is 4.34. The maximum atomic E-state index is 13.3. The minimum Gasteiger partial charge on any atom is -0.407 e. The Morgan fingerprint density at radius 3 is 2.56 bits per heavy atom. The summed E-state index contributed by atoms with van der Waals surface area (Å²) in [5.74, 6) is -0.613. The van der Waals surface area contributed by atoms with Crippen LogP contribution in [0, 0.1) is 9.39 Å². The first-order chi connectivity index (χ1) is 7.28. The molecule has 0 saturated heterocycles. The van der Waals surface area contributed by atoms with Crippen LogP contribution in [-0.4, -0.2) is 11.6 Å². The van der Waals surface area contributed by atoms with Gasteiger partial charge in [0.05, 0.1) is 0 Å². The fourth-order valence-corrected chi connectivity index (χ4v) is 1.44. The largest absolute Gasteiger partial charge is 0.413 e. The molecule has 1 aromatic carbocycles. The first-order valence-corrected chi connectivity index (χ1v) is 5.81. The van der Waals surface area contributed by atoms with Crippen LogP contribution in [0.1, 0.15) is 20.8 Å². The normalized spacial score (nSPS) is 11.1. The topological polar surface area (TPSA) is 38.3 Å². The van der Waals surface area contributed by atoms with Crippen LogP contribution in [0.4, 0.5) is 9.18 Å². The number of hydrogen-bond donors (Lipinski definition) is 1. The summed E-state index contributed by atoms with van der Waals surface area (Å²) in [4.78, 5) is 11.4. The Bertz CT molecular complexity index is 401. The van der Waals surface area contributed by atoms with E-state index < -0.39 is 17.4 Å². The molecule has 0 bridgehead atoms. The fourth-order valence-electron chi connectivity index (χ4n) is 0.990. The van der Waals surface area contributed by atoms with Crippen molar-refractivity contribution in [3.8, 4) is 5.75 Å². The zero-order valence-electron chi connectivity index (χ0n) is 9.30. The zero-order valence-corrected chi connectivity index (χ0v) is 11.5. The van der Waals surface area contributed by atoms with E-state index in [1.54, 1.807) is 6.07 Å². The molecule has 0 aliphatic carbocycles. The van der Waals surface area contributed by atoms with Crippen LogP contribution >= 0.6 is 22.6 Å². The summed E-state index contributed by atoms with van der Waals surface area (Å²) >= 11 is 1.98. The van der Waals surface area contributed by atoms with Crippen LogP contribution in [0.5, 0.6) is 5.75 Å². The SMILES string of the molecule is CC(C)(C)NC(=O)Oc1ccc(I)cc1F. The van der Waals surface area contributed by atoms with Gasteiger partial charge in [0, 0.05) is 9.11 Å². The number of benzene rings is 1. The lowest BCUT2D eigenvalue weighted by atomic mass is 10.1. The number of nitrogens with one attached hydrogen (secondary N) is 1. The number of rotatable bonds is 1. The molecule has 0 saturated carbocycles. The van der Waals surface area contributed by atoms with Crippen molar-refractivity contribution in [2.45, 2.75) is 26.3 Å². The van der Waals surface area contributed by atoms with Crippen LogP contribution < -0.4 is 10.1 Å². The molecular formula is C11H13FINO2. The summed E-state index contributed by atoms with van der Waals surface area (Å²) < 4.78 is 18.9. The Kier molecular flexibility index (Phi) is 4.12. The predicted octanol–water partition coefficient (Wildman–Crippen LogP) is 3.32. The van der Waals surface area contributed by atoms with Crippen LogP contribution in [0.25, 0.3) is 0 Å². The van der Waals surface area contributed by atoms with E-state index in [0.29, 0.717) is 0 Å². The second-order valence-electron chi connectivity index (χ2n) is 4.34. The molecule has 0 heterocycles. The van der Waals surface area contributed by atoms with Crippen molar-refractivity contribution in [2.24, 2.45) is 0 Å². The Labute approximate surface area is 108 Å². The standard InChI is InChI=1S/C11H13FINO2/c1-11(2,3)14-10(15)16-9-5-4-7(13)6-8(9)12/h4-6H,1-3H3,(H,14,15). The van der Waals surface area contributed by atoms with Crippen LogP contribution in [-0.2, 0) is 0 Å². The van der Waals surface area contributed by atoms with E-state index in [1.807, 2.05) is 43.4 Å². The monoisotopic (exact) mass is 337 g/mol. The van der Waals surface area contributed by atoms with Crippen molar-refractivity contribution < 1.29 is 13.9 Å². The Morgan fingerprint density at radius 2 is 2.06 bits per heavy atom. The number of halogens is 2. The molecule has 3 nitrogen and oxygen atoms in total. The van der Waals surface area contributed by atoms with Gasteiger partial charge in [-0.3, -0.25) is 0 Å². The van der Waals surface area contributed by atoms with Crippen molar-refractivity contribution in [1.29, 1.82) is 0 Å². The van der Waals surface area contributed by atoms with E-state index in [0.717, 1.165) is 3.57 Å². The quantitative estimate of drug-likeness (QED) is 0.799. The first-order valence-electron chi connectivity index (χ1n) is 4.73. The summed E-state index contributed by atoms with van der Waals surface area (Å²) in [5.41, 5.74) is -0.406. The van der Waals surface area contributed by atoms with E-state index in [2.05, 4.69) is 5.32 Å². The third-order valence-electron chi connectivity index (χ3n) is 1.57. The molecule has 0 fully saturated rings. The second-order valence-corrected chi connectivity index (χ2v) is 5.58. The van der Waals surface area contributed by atoms with Gasteiger partial charge in [-0.15, -0.1) is 0 Å². The van der Waals surface area contributed by atoms with Gasteiger partial charge in [-0.25, -0.2) is 9.18 Å². The highest BCUT2D eigenvalue weighted by Crippen LogP contribution is 2.19. The van der Waals surface area contributed by atoms with E-state index in [9.17, 15) is 9.18 Å². The number of hydrogen-bond acceptors (Lipinski definition) is 2. The number of carbonyl (C=O) groups is 1. The molecule has 0 unspecified atom stereocenters. The second kappa shape index (κ2) is 4.99. The summed E-state index contributed by atoms with van der Waals surface area (Å²) in [6.07, 6.45) is -0.660. The van der Waals surface area contributed by atoms with Crippen molar-refractivity contribution in [2.75, 3.05) is 0 Å². The van der Waals surface area contributed by atoms with Gasteiger partial charge in [-0.2, -0.15) is 0 Å². The van der Waals surface area contributed by atoms with Crippen molar-refractivity contribution in [3.63, 3.8) is 0 Å². The average Bonchev–Trinajstić information content (AvgIpc) is 2.06. The molecule has 0 radical (unpaired) electrons. The van der Waals surface area contributed by atoms with Crippen molar-refractivity contribution in [3.05, 3.63) is 27.6 Å². The molecule has 1 aromatic rings. The molecule has 1 rings (SSSR count). The Hall–Kier alpha value is -0.850. The molecule has 0 atom stereocenters. The average molecular weight is 337 g/mol. The molecule has 0 aliphatic rings. The maximum Gasteiger partial charge on any atom is 0.413 e. The Balaban J connectivity index is 2.70. The maximum absolute atomic E-state index is 13.3. The molecule has 0 spiro atoms. The predicted molar refractivity (Wildman–Crippen MR) is 68.0 cm³/mol. The molecule has 16 heavy (non-hydrogen) atoms. The van der Waals surface area contributed by atoms with Crippen molar-refractivity contribution in [1.82, 2.24) is 5.32 Å². The summed E-state index contributed by atoms with van der Waals surface area (Å²) in [6.45, 7) is 5.45. The molecule has 1 N–H and O–H groups in total. The van der Waals surface area contributed by atoms with Gasteiger partial charge < -0.3 is 10.1 Å². The van der Waals surface area contributed by atoms with E-state index in [1.165, 1.54) is 12.1 Å². The first kappa shape index (κ1) is 13.2. The van der Waals surface area contributed by atoms with Crippen LogP contribution in [0.2, 0.25) is 0 Å². The van der Waals surface area contributed by atoms with Gasteiger partial charge in [-0.05, 0) is 61.6 Å². The smallest absolute Gasteiger partial charge is 0.407 e. The molecule has 0 aromatic heterocycles. The number of ether oxygens (including phenoxy) is 1. The molecule has 5 heteroatoms. The van der Waals surface area contributed by atoms with Crippen LogP contribution in [0.15, 0.2) is 18.2 Å². The van der Waals surface area contributed by atoms with Gasteiger partial charge >= 0.3 is 6.09 Å². The lowest BCUT2D eigenvalue weighted by molar-refractivity contribution is 0.188. The summed E-state index contributed by atoms with van der Waals surface area (Å²) in [7, 11) is 0. The summed E-state index contributed by atoms with van der Waals surface area (Å²) in [5, 5.41) is 2.58. The van der Waals surface area contributed by atoms with Gasteiger partial charge in [0.25, 0.3) is 0 Å². The lowest BCUT2D eigenvalue weighted by Gasteiger charge is -2.19. The highest BCUT2D eigenvalue weighted by molar-refractivity contribution is 14.1. The van der Waals surface area contributed by atoms with Gasteiger partial charge in [0.1, 0.15) is 0 Å². The minimum atomic E-state index is -0.660. The van der Waals surface area contributed by atoms with Gasteiger partial charge in [0.15, 0.2) is 11.6 Å². The number of carbonyl (C=O) groups excluding carboxylic acids is 1. The highest BCUT2D eigenvalue weighted by atomic mass is 127. The Morgan fingerprint density at radius 1 is 1.44 bits per heavy atom. The zero-order chi connectivity index (χ0) is 12.3. The highest BCUT2D eigenvalue weighted by Gasteiger charge is 2.16. The van der Waals surface area contributed by atoms with E-state index >= 15 is 0 Å². The van der Waals surface area contributed by atoms with E-state index in [4.69, 9.17) is 4.74 Å². The molecule has 0 aliphatic heterocycles. The van der Waals surface area contributed by atoms with Gasteiger partial charge in [-0.1, -0.05) is 0 Å². The third-order valence-corrected chi connectivity index (χ3v) is 2.24. The van der Waals surface area contributed by atoms with Gasteiger partial charge in [0.2, 0.25) is 0 Å². The summed E-state index contributed by atoms with van der Waals surface area (Å²) in [6, 6.07) is 4.41. The molecule has 1 amide bonds. The fraction of sp³-hybridized carbons (Fsp3) is 0.364. The molecular weight excluding hydrogens is 324 g/mol. The minimum absolute atomic E-state index is 0.0674. The number of amides is 1.